The minimum absolute atomic E-state index is 0.0468. The zero-order valence-corrected chi connectivity index (χ0v) is 18.6. The van der Waals surface area contributed by atoms with Crippen LogP contribution in [0.2, 0.25) is 0 Å². The predicted octanol–water partition coefficient (Wildman–Crippen LogP) is 4.89. The number of halogens is 3. The number of nitrogens with zero attached hydrogens (tertiary/aromatic N) is 3. The molecule has 4 rings (SSSR count). The first-order valence-electron chi connectivity index (χ1n) is 10.6. The Bertz CT molecular complexity index is 1370. The summed E-state index contributed by atoms with van der Waals surface area (Å²) in [6, 6.07) is 5.72. The highest BCUT2D eigenvalue weighted by Crippen LogP contribution is 2.39. The zero-order valence-electron chi connectivity index (χ0n) is 18.6. The van der Waals surface area contributed by atoms with E-state index < -0.39 is 23.4 Å². The molecule has 35 heavy (non-hydrogen) atoms. The number of pyridine rings is 1. The van der Waals surface area contributed by atoms with E-state index in [-0.39, 0.29) is 34.4 Å². The van der Waals surface area contributed by atoms with Crippen molar-refractivity contribution in [3.05, 3.63) is 89.3 Å². The molecule has 2 aromatic heterocycles. The standard InChI is InChI=1S/C25H19F3N4O3/c1-13(2)18-8-19(20-11-30-12-31-21(18)20)22(33)16-7-17(10-29-9-16)32-24(35)15-5-3-4-14(6-15)23(34)25(26,27)28/h3-13,18H,1-2H3,(H,32,35). The van der Waals surface area contributed by atoms with Crippen molar-refractivity contribution in [1.82, 2.24) is 15.0 Å². The predicted molar refractivity (Wildman–Crippen MR) is 121 cm³/mol. The van der Waals surface area contributed by atoms with Gasteiger partial charge in [0.2, 0.25) is 0 Å². The molecule has 0 saturated heterocycles. The van der Waals surface area contributed by atoms with Crippen LogP contribution in [0.4, 0.5) is 18.9 Å². The quantitative estimate of drug-likeness (QED) is 0.504. The van der Waals surface area contributed by atoms with Gasteiger partial charge in [-0.15, -0.1) is 0 Å². The number of hydrogen-bond acceptors (Lipinski definition) is 6. The maximum Gasteiger partial charge on any atom is 0.454 e. The summed E-state index contributed by atoms with van der Waals surface area (Å²) in [6.45, 7) is 4.05. The third-order valence-electron chi connectivity index (χ3n) is 5.56. The molecule has 178 valence electrons. The van der Waals surface area contributed by atoms with Crippen LogP contribution in [0.15, 0.2) is 61.3 Å². The lowest BCUT2D eigenvalue weighted by molar-refractivity contribution is -0.0885. The average Bonchev–Trinajstić information content (AvgIpc) is 3.23. The summed E-state index contributed by atoms with van der Waals surface area (Å²) in [6.07, 6.45) is 2.47. The molecule has 1 aromatic carbocycles. The summed E-state index contributed by atoms with van der Waals surface area (Å²) in [5, 5.41) is 2.50. The number of Topliss-reactive ketones (excluding diaryl/α,β-unsaturated/α-hetero) is 2. The second-order valence-electron chi connectivity index (χ2n) is 8.33. The fourth-order valence-corrected chi connectivity index (χ4v) is 3.82. The molecule has 0 saturated carbocycles. The van der Waals surface area contributed by atoms with E-state index in [0.717, 1.165) is 17.8 Å². The molecule has 0 aliphatic heterocycles. The minimum atomic E-state index is -5.05. The van der Waals surface area contributed by atoms with Gasteiger partial charge in [0, 0.05) is 46.1 Å². The number of amides is 1. The van der Waals surface area contributed by atoms with Crippen molar-refractivity contribution in [3.8, 4) is 0 Å². The number of fused-ring (bicyclic) bond motifs is 1. The third-order valence-corrected chi connectivity index (χ3v) is 5.56. The Morgan fingerprint density at radius 3 is 2.43 bits per heavy atom. The van der Waals surface area contributed by atoms with Crippen LogP contribution in [0, 0.1) is 5.92 Å². The molecule has 1 unspecified atom stereocenters. The molecule has 1 aliphatic carbocycles. The summed E-state index contributed by atoms with van der Waals surface area (Å²) < 4.78 is 38.2. The number of rotatable bonds is 6. The number of nitrogens with one attached hydrogen (secondary N) is 1. The number of aromatic nitrogens is 3. The van der Waals surface area contributed by atoms with Gasteiger partial charge in [0.1, 0.15) is 6.33 Å². The smallest absolute Gasteiger partial charge is 0.321 e. The molecule has 2 heterocycles. The van der Waals surface area contributed by atoms with Crippen molar-refractivity contribution in [3.63, 3.8) is 0 Å². The van der Waals surface area contributed by atoms with Crippen LogP contribution in [-0.2, 0) is 0 Å². The van der Waals surface area contributed by atoms with E-state index in [1.165, 1.54) is 36.9 Å². The van der Waals surface area contributed by atoms with Crippen molar-refractivity contribution < 1.29 is 27.6 Å². The van der Waals surface area contributed by atoms with E-state index in [1.54, 1.807) is 6.20 Å². The Morgan fingerprint density at radius 1 is 0.971 bits per heavy atom. The number of carbonyl (C=O) groups excluding carboxylic acids is 3. The molecule has 0 fully saturated rings. The van der Waals surface area contributed by atoms with E-state index in [1.807, 2.05) is 19.9 Å². The largest absolute Gasteiger partial charge is 0.454 e. The number of allylic oxidation sites excluding steroid dienone is 2. The van der Waals surface area contributed by atoms with Gasteiger partial charge in [-0.2, -0.15) is 13.2 Å². The molecule has 0 radical (unpaired) electrons. The Kier molecular flexibility index (Phi) is 6.29. The van der Waals surface area contributed by atoms with Gasteiger partial charge in [0.05, 0.1) is 17.6 Å². The summed E-state index contributed by atoms with van der Waals surface area (Å²) in [5.41, 5.74) is 1.40. The van der Waals surface area contributed by atoms with Gasteiger partial charge < -0.3 is 5.32 Å². The molecule has 0 spiro atoms. The van der Waals surface area contributed by atoms with Crippen molar-refractivity contribution in [2.24, 2.45) is 5.92 Å². The number of alkyl halides is 3. The molecular formula is C25H19F3N4O3. The lowest BCUT2D eigenvalue weighted by Crippen LogP contribution is -2.23. The lowest BCUT2D eigenvalue weighted by Gasteiger charge is -2.12. The van der Waals surface area contributed by atoms with E-state index in [0.29, 0.717) is 11.1 Å². The van der Waals surface area contributed by atoms with Crippen LogP contribution in [0.1, 0.15) is 62.1 Å². The van der Waals surface area contributed by atoms with Crippen LogP contribution in [-0.4, -0.2) is 38.6 Å². The van der Waals surface area contributed by atoms with Crippen molar-refractivity contribution >= 4 is 28.7 Å². The van der Waals surface area contributed by atoms with Crippen LogP contribution in [0.5, 0.6) is 0 Å². The highest BCUT2D eigenvalue weighted by atomic mass is 19.4. The normalized spacial score (nSPS) is 14.9. The van der Waals surface area contributed by atoms with Gasteiger partial charge in [-0.05, 0) is 24.1 Å². The van der Waals surface area contributed by atoms with Gasteiger partial charge in [0.15, 0.2) is 5.78 Å². The van der Waals surface area contributed by atoms with E-state index in [4.69, 9.17) is 0 Å². The van der Waals surface area contributed by atoms with Gasteiger partial charge in [-0.1, -0.05) is 32.1 Å². The van der Waals surface area contributed by atoms with Crippen molar-refractivity contribution in [1.29, 1.82) is 0 Å². The summed E-state index contributed by atoms with van der Waals surface area (Å²) in [7, 11) is 0. The molecule has 0 bridgehead atoms. The minimum Gasteiger partial charge on any atom is -0.321 e. The van der Waals surface area contributed by atoms with E-state index in [9.17, 15) is 27.6 Å². The first kappa shape index (κ1) is 23.9. The van der Waals surface area contributed by atoms with Crippen LogP contribution < -0.4 is 5.32 Å². The fourth-order valence-electron chi connectivity index (χ4n) is 3.82. The SMILES string of the molecule is CC(C)C1C=C(C(=O)c2cncc(NC(=O)c3cccc(C(=O)C(F)(F)F)c3)c2)c2cncnc21. The number of anilines is 1. The Hall–Kier alpha value is -4.21. The lowest BCUT2D eigenvalue weighted by atomic mass is 9.95. The van der Waals surface area contributed by atoms with Crippen molar-refractivity contribution in [2.45, 2.75) is 25.9 Å². The molecule has 1 N–H and O–H groups in total. The van der Waals surface area contributed by atoms with Crippen LogP contribution in [0.3, 0.4) is 0 Å². The average molecular weight is 480 g/mol. The molecular weight excluding hydrogens is 461 g/mol. The van der Waals surface area contributed by atoms with Crippen LogP contribution in [0.25, 0.3) is 5.57 Å². The second kappa shape index (κ2) is 9.21. The van der Waals surface area contributed by atoms with Crippen LogP contribution >= 0.6 is 0 Å². The zero-order chi connectivity index (χ0) is 25.3. The van der Waals surface area contributed by atoms with Crippen molar-refractivity contribution in [2.75, 3.05) is 5.32 Å². The monoisotopic (exact) mass is 480 g/mol. The number of carbonyl (C=O) groups is 3. The first-order chi connectivity index (χ1) is 16.6. The van der Waals surface area contributed by atoms with E-state index in [2.05, 4.69) is 20.3 Å². The van der Waals surface area contributed by atoms with Gasteiger partial charge in [-0.3, -0.25) is 19.4 Å². The second-order valence-corrected chi connectivity index (χ2v) is 8.33. The molecule has 1 amide bonds. The van der Waals surface area contributed by atoms with E-state index >= 15 is 0 Å². The van der Waals surface area contributed by atoms with Gasteiger partial charge in [-0.25, -0.2) is 9.97 Å². The molecule has 1 atom stereocenters. The molecule has 1 aliphatic rings. The van der Waals surface area contributed by atoms with Gasteiger partial charge in [0.25, 0.3) is 11.7 Å². The summed E-state index contributed by atoms with van der Waals surface area (Å²) >= 11 is 0. The maximum absolute atomic E-state index is 13.3. The first-order valence-corrected chi connectivity index (χ1v) is 10.6. The molecule has 7 nitrogen and oxygen atoms in total. The Balaban J connectivity index is 1.57. The molecule has 10 heteroatoms. The fraction of sp³-hybridized carbons (Fsp3) is 0.200. The van der Waals surface area contributed by atoms with Gasteiger partial charge >= 0.3 is 6.18 Å². The Labute approximate surface area is 198 Å². The Morgan fingerprint density at radius 2 is 1.71 bits per heavy atom. The highest BCUT2D eigenvalue weighted by molar-refractivity contribution is 6.30. The maximum atomic E-state index is 13.3. The highest BCUT2D eigenvalue weighted by Gasteiger charge is 2.39. The summed E-state index contributed by atoms with van der Waals surface area (Å²) in [4.78, 5) is 49.7. The number of ketones is 2. The summed E-state index contributed by atoms with van der Waals surface area (Å²) in [5.74, 6) is -2.97. The topological polar surface area (TPSA) is 102 Å². The number of hydrogen-bond donors (Lipinski definition) is 1. The number of benzene rings is 1. The third kappa shape index (κ3) is 4.86. The molecule has 3 aromatic rings.